The van der Waals surface area contributed by atoms with E-state index in [0.717, 1.165) is 37.6 Å². The van der Waals surface area contributed by atoms with Crippen molar-refractivity contribution in [1.82, 2.24) is 14.8 Å². The average Bonchev–Trinajstić information content (AvgIpc) is 2.73. The molecule has 2 heterocycles. The third-order valence-corrected chi connectivity index (χ3v) is 5.38. The van der Waals surface area contributed by atoms with Gasteiger partial charge in [0.15, 0.2) is 0 Å². The summed E-state index contributed by atoms with van der Waals surface area (Å²) in [6, 6.07) is 13.7. The Morgan fingerprint density at radius 2 is 1.74 bits per heavy atom. The van der Waals surface area contributed by atoms with Crippen LogP contribution in [0.2, 0.25) is 5.02 Å². The van der Waals surface area contributed by atoms with Crippen molar-refractivity contribution < 1.29 is 4.79 Å². The molecule has 5 nitrogen and oxygen atoms in total. The van der Waals surface area contributed by atoms with Crippen molar-refractivity contribution in [2.75, 3.05) is 44.2 Å². The van der Waals surface area contributed by atoms with Gasteiger partial charge in [0.1, 0.15) is 11.9 Å². The molecule has 2 aromatic rings. The van der Waals surface area contributed by atoms with Gasteiger partial charge in [0.25, 0.3) is 0 Å². The van der Waals surface area contributed by atoms with Crippen LogP contribution in [-0.4, -0.2) is 60.0 Å². The van der Waals surface area contributed by atoms with Gasteiger partial charge in [-0.1, -0.05) is 55.8 Å². The topological polar surface area (TPSA) is 39.7 Å². The van der Waals surface area contributed by atoms with Gasteiger partial charge in [-0.2, -0.15) is 0 Å². The molecular weight excluding hydrogens is 360 g/mol. The molecule has 0 saturated carbocycles. The molecule has 1 aliphatic rings. The van der Waals surface area contributed by atoms with Crippen molar-refractivity contribution in [3.05, 3.63) is 59.2 Å². The number of hydrogen-bond donors (Lipinski definition) is 0. The summed E-state index contributed by atoms with van der Waals surface area (Å²) in [4.78, 5) is 24.2. The Labute approximate surface area is 166 Å². The van der Waals surface area contributed by atoms with Crippen LogP contribution in [0.4, 0.5) is 5.82 Å². The molecule has 1 aromatic heterocycles. The van der Waals surface area contributed by atoms with E-state index in [2.05, 4.69) is 40.8 Å². The summed E-state index contributed by atoms with van der Waals surface area (Å²) in [5, 5.41) is 0.637. The first-order valence-electron chi connectivity index (χ1n) is 9.58. The third-order valence-electron chi connectivity index (χ3n) is 5.15. The second-order valence-corrected chi connectivity index (χ2v) is 7.12. The number of rotatable bonds is 6. The molecular formula is C21H27ClN4O. The summed E-state index contributed by atoms with van der Waals surface area (Å²) >= 11 is 5.93. The van der Waals surface area contributed by atoms with Crippen molar-refractivity contribution in [3.8, 4) is 0 Å². The number of pyridine rings is 1. The highest BCUT2D eigenvalue weighted by molar-refractivity contribution is 6.30. The maximum atomic E-state index is 13.4. The summed E-state index contributed by atoms with van der Waals surface area (Å²) in [6.45, 7) is 8.86. The molecule has 1 atom stereocenters. The van der Waals surface area contributed by atoms with E-state index in [0.29, 0.717) is 18.1 Å². The van der Waals surface area contributed by atoms with Crippen LogP contribution in [0.3, 0.4) is 0 Å². The number of amides is 1. The lowest BCUT2D eigenvalue weighted by Crippen LogP contribution is -2.52. The van der Waals surface area contributed by atoms with Gasteiger partial charge in [0, 0.05) is 32.4 Å². The standard InChI is InChI=1S/C21H27ClN4O/c1-3-24(4-2)20(17-8-6-5-7-9-17)21(27)26-14-12-25(13-15-26)19-11-10-18(22)16-23-19/h5-11,16,20H,3-4,12-15H2,1-2H3. The molecule has 6 heteroatoms. The molecule has 1 saturated heterocycles. The summed E-state index contributed by atoms with van der Waals surface area (Å²) < 4.78 is 0. The highest BCUT2D eigenvalue weighted by Crippen LogP contribution is 2.24. The lowest BCUT2D eigenvalue weighted by molar-refractivity contribution is -0.137. The zero-order valence-corrected chi connectivity index (χ0v) is 16.8. The Morgan fingerprint density at radius 3 is 2.30 bits per heavy atom. The Bertz CT molecular complexity index is 726. The van der Waals surface area contributed by atoms with E-state index >= 15 is 0 Å². The number of aromatic nitrogens is 1. The van der Waals surface area contributed by atoms with E-state index in [-0.39, 0.29) is 11.9 Å². The van der Waals surface area contributed by atoms with Crippen LogP contribution in [0.15, 0.2) is 48.7 Å². The van der Waals surface area contributed by atoms with Gasteiger partial charge in [-0.05, 0) is 30.8 Å². The maximum absolute atomic E-state index is 13.4. The fraction of sp³-hybridized carbons (Fsp3) is 0.429. The van der Waals surface area contributed by atoms with Crippen molar-refractivity contribution in [2.45, 2.75) is 19.9 Å². The number of carbonyl (C=O) groups excluding carboxylic acids is 1. The molecule has 1 aromatic carbocycles. The molecule has 0 aliphatic carbocycles. The van der Waals surface area contributed by atoms with Gasteiger partial charge in [-0.25, -0.2) is 4.98 Å². The van der Waals surface area contributed by atoms with Crippen molar-refractivity contribution in [1.29, 1.82) is 0 Å². The molecule has 0 N–H and O–H groups in total. The molecule has 0 spiro atoms. The van der Waals surface area contributed by atoms with Crippen LogP contribution < -0.4 is 4.90 Å². The first-order valence-corrected chi connectivity index (χ1v) is 9.96. The number of likely N-dealkylation sites (N-methyl/N-ethyl adjacent to an activating group) is 1. The van der Waals surface area contributed by atoms with Crippen molar-refractivity contribution in [3.63, 3.8) is 0 Å². The predicted molar refractivity (Wildman–Crippen MR) is 110 cm³/mol. The van der Waals surface area contributed by atoms with E-state index < -0.39 is 0 Å². The zero-order chi connectivity index (χ0) is 19.2. The minimum absolute atomic E-state index is 0.189. The number of anilines is 1. The smallest absolute Gasteiger partial charge is 0.244 e. The van der Waals surface area contributed by atoms with Crippen LogP contribution in [0.25, 0.3) is 0 Å². The Morgan fingerprint density at radius 1 is 1.07 bits per heavy atom. The van der Waals surface area contributed by atoms with Gasteiger partial charge in [0.05, 0.1) is 5.02 Å². The molecule has 27 heavy (non-hydrogen) atoms. The number of nitrogens with zero attached hydrogens (tertiary/aromatic N) is 4. The number of halogens is 1. The Hall–Kier alpha value is -2.11. The average molecular weight is 387 g/mol. The predicted octanol–water partition coefficient (Wildman–Crippen LogP) is 3.47. The Kier molecular flexibility index (Phi) is 6.69. The monoisotopic (exact) mass is 386 g/mol. The normalized spacial score (nSPS) is 15.9. The number of benzene rings is 1. The van der Waals surface area contributed by atoms with E-state index in [1.54, 1.807) is 6.20 Å². The molecule has 1 aliphatic heterocycles. The van der Waals surface area contributed by atoms with Crippen LogP contribution >= 0.6 is 11.6 Å². The van der Waals surface area contributed by atoms with Gasteiger partial charge in [-0.15, -0.1) is 0 Å². The fourth-order valence-corrected chi connectivity index (χ4v) is 3.73. The van der Waals surface area contributed by atoms with E-state index in [1.165, 1.54) is 0 Å². The largest absolute Gasteiger partial charge is 0.353 e. The highest BCUT2D eigenvalue weighted by atomic mass is 35.5. The van der Waals surface area contributed by atoms with E-state index in [9.17, 15) is 4.79 Å². The van der Waals surface area contributed by atoms with Gasteiger partial charge in [-0.3, -0.25) is 9.69 Å². The summed E-state index contributed by atoms with van der Waals surface area (Å²) in [5.74, 6) is 1.10. The SMILES string of the molecule is CCN(CC)C(C(=O)N1CCN(c2ccc(Cl)cn2)CC1)c1ccccc1. The summed E-state index contributed by atoms with van der Waals surface area (Å²) in [7, 11) is 0. The maximum Gasteiger partial charge on any atom is 0.244 e. The summed E-state index contributed by atoms with van der Waals surface area (Å²) in [5.41, 5.74) is 1.06. The molecule has 0 radical (unpaired) electrons. The minimum Gasteiger partial charge on any atom is -0.353 e. The number of hydrogen-bond acceptors (Lipinski definition) is 4. The second-order valence-electron chi connectivity index (χ2n) is 6.68. The lowest BCUT2D eigenvalue weighted by Gasteiger charge is -2.39. The quantitative estimate of drug-likeness (QED) is 0.762. The Balaban J connectivity index is 1.71. The summed E-state index contributed by atoms with van der Waals surface area (Å²) in [6.07, 6.45) is 1.67. The molecule has 144 valence electrons. The fourth-order valence-electron chi connectivity index (χ4n) is 3.62. The first-order chi connectivity index (χ1) is 13.1. The number of piperazine rings is 1. The molecule has 3 rings (SSSR count). The lowest BCUT2D eigenvalue weighted by atomic mass is 10.0. The van der Waals surface area contributed by atoms with Gasteiger partial charge in [0.2, 0.25) is 5.91 Å². The molecule has 1 fully saturated rings. The van der Waals surface area contributed by atoms with Crippen molar-refractivity contribution >= 4 is 23.3 Å². The molecule has 1 amide bonds. The third kappa shape index (κ3) is 4.60. The van der Waals surface area contributed by atoms with Crippen LogP contribution in [0, 0.1) is 0 Å². The van der Waals surface area contributed by atoms with Gasteiger partial charge < -0.3 is 9.80 Å². The molecule has 0 bridgehead atoms. The highest BCUT2D eigenvalue weighted by Gasteiger charge is 2.31. The zero-order valence-electron chi connectivity index (χ0n) is 16.0. The van der Waals surface area contributed by atoms with E-state index in [1.807, 2.05) is 35.2 Å². The molecule has 1 unspecified atom stereocenters. The minimum atomic E-state index is -0.221. The first kappa shape index (κ1) is 19.6. The van der Waals surface area contributed by atoms with Crippen LogP contribution in [0.1, 0.15) is 25.5 Å². The van der Waals surface area contributed by atoms with E-state index in [4.69, 9.17) is 11.6 Å². The van der Waals surface area contributed by atoms with Crippen LogP contribution in [0.5, 0.6) is 0 Å². The second kappa shape index (κ2) is 9.20. The van der Waals surface area contributed by atoms with Gasteiger partial charge >= 0.3 is 0 Å². The van der Waals surface area contributed by atoms with Crippen LogP contribution in [-0.2, 0) is 4.79 Å². The van der Waals surface area contributed by atoms with Crippen molar-refractivity contribution in [2.24, 2.45) is 0 Å². The number of carbonyl (C=O) groups is 1.